The van der Waals surface area contributed by atoms with Crippen LogP contribution in [0.15, 0.2) is 42.5 Å². The van der Waals surface area contributed by atoms with Crippen LogP contribution in [0.4, 0.5) is 10.1 Å². The molecule has 1 heterocycles. The Morgan fingerprint density at radius 3 is 2.88 bits per heavy atom. The number of H-pyrrole nitrogens is 1. The molecule has 0 aliphatic heterocycles. The fourth-order valence-corrected chi connectivity index (χ4v) is 2.87. The molecule has 0 saturated carbocycles. The van der Waals surface area contributed by atoms with Gasteiger partial charge >= 0.3 is 0 Å². The number of aromatic amines is 1. The molecule has 0 radical (unpaired) electrons. The minimum absolute atomic E-state index is 0.0654. The lowest BCUT2D eigenvalue weighted by molar-refractivity contribution is -0.991. The van der Waals surface area contributed by atoms with Crippen LogP contribution in [0, 0.1) is 17.9 Å². The summed E-state index contributed by atoms with van der Waals surface area (Å²) in [4.78, 5) is 15.4. The molecule has 6 nitrogen and oxygen atoms in total. The third kappa shape index (κ3) is 3.69. The first-order chi connectivity index (χ1) is 12.0. The van der Waals surface area contributed by atoms with Crippen molar-refractivity contribution < 1.29 is 19.6 Å². The molecule has 4 N–H and O–H groups in total. The lowest BCUT2D eigenvalue weighted by atomic mass is 10.1. The summed E-state index contributed by atoms with van der Waals surface area (Å²) in [5.74, 6) is -0.644. The number of aromatic nitrogens is 1. The van der Waals surface area contributed by atoms with E-state index in [0.29, 0.717) is 18.5 Å². The first-order valence-corrected chi connectivity index (χ1v) is 7.84. The topological polar surface area (TPSA) is 92.6 Å². The van der Waals surface area contributed by atoms with Gasteiger partial charge in [-0.05, 0) is 43.2 Å². The molecule has 0 fully saturated rings. The highest BCUT2D eigenvalue weighted by Crippen LogP contribution is 2.23. The molecule has 0 bridgehead atoms. The lowest BCUT2D eigenvalue weighted by Crippen LogP contribution is -2.99. The predicted octanol–water partition coefficient (Wildman–Crippen LogP) is 1.99. The number of benzene rings is 2. The van der Waals surface area contributed by atoms with Gasteiger partial charge in [0, 0.05) is 40.8 Å². The van der Waals surface area contributed by atoms with Gasteiger partial charge in [0.1, 0.15) is 5.82 Å². The third-order valence-electron chi connectivity index (χ3n) is 4.11. The van der Waals surface area contributed by atoms with Crippen molar-refractivity contribution in [2.45, 2.75) is 13.3 Å². The highest BCUT2D eigenvalue weighted by molar-refractivity contribution is 5.94. The molecule has 0 aliphatic rings. The van der Waals surface area contributed by atoms with E-state index in [1.165, 1.54) is 30.3 Å². The molecule has 1 amide bonds. The zero-order valence-electron chi connectivity index (χ0n) is 13.6. The first kappa shape index (κ1) is 17.1. The van der Waals surface area contributed by atoms with Gasteiger partial charge in [0.05, 0.1) is 0 Å². The molecule has 25 heavy (non-hydrogen) atoms. The van der Waals surface area contributed by atoms with Crippen LogP contribution < -0.4 is 10.5 Å². The van der Waals surface area contributed by atoms with Gasteiger partial charge in [-0.3, -0.25) is 4.79 Å². The van der Waals surface area contributed by atoms with Crippen molar-refractivity contribution in [1.82, 2.24) is 10.3 Å². The van der Waals surface area contributed by atoms with Crippen LogP contribution in [-0.2, 0) is 6.42 Å². The molecule has 0 saturated heterocycles. The molecule has 7 heteroatoms. The zero-order chi connectivity index (χ0) is 18.0. The SMILES string of the molecule is Cc1[nH]c2ccc(F)cc2c1CCNC(=O)c1cccc([NH+]([O-])O)c1. The van der Waals surface area contributed by atoms with Crippen LogP contribution in [0.1, 0.15) is 21.6 Å². The van der Waals surface area contributed by atoms with Crippen molar-refractivity contribution in [2.24, 2.45) is 0 Å². The van der Waals surface area contributed by atoms with E-state index in [1.807, 2.05) is 6.92 Å². The monoisotopic (exact) mass is 343 g/mol. The zero-order valence-corrected chi connectivity index (χ0v) is 13.6. The molecular formula is C18H18FN3O3. The van der Waals surface area contributed by atoms with Gasteiger partial charge in [-0.25, -0.2) is 9.60 Å². The Morgan fingerprint density at radius 2 is 2.12 bits per heavy atom. The summed E-state index contributed by atoms with van der Waals surface area (Å²) in [6.07, 6.45) is 0.541. The van der Waals surface area contributed by atoms with Gasteiger partial charge in [-0.15, -0.1) is 0 Å². The quantitative estimate of drug-likeness (QED) is 0.534. The van der Waals surface area contributed by atoms with Crippen LogP contribution in [0.25, 0.3) is 10.9 Å². The van der Waals surface area contributed by atoms with Gasteiger partial charge in [0.2, 0.25) is 0 Å². The second kappa shape index (κ2) is 7.02. The van der Waals surface area contributed by atoms with Gasteiger partial charge in [0.25, 0.3) is 5.91 Å². The second-order valence-electron chi connectivity index (χ2n) is 5.81. The Labute approximate surface area is 143 Å². The Hall–Kier alpha value is -2.74. The smallest absolute Gasteiger partial charge is 0.251 e. The first-order valence-electron chi connectivity index (χ1n) is 7.84. The fraction of sp³-hybridized carbons (Fsp3) is 0.167. The standard InChI is InChI=1S/C18H18FN3O3/c1-11-15(16-10-13(19)5-6-17(16)21-11)7-8-20-18(23)12-3-2-4-14(9-12)22(24)25/h2-6,9-10,21-22,24H,7-8H2,1H3,(H,20,23). The average molecular weight is 343 g/mol. The molecule has 2 aromatic carbocycles. The molecular weight excluding hydrogens is 325 g/mol. The van der Waals surface area contributed by atoms with Crippen molar-refractivity contribution >= 4 is 22.5 Å². The van der Waals surface area contributed by atoms with E-state index in [1.54, 1.807) is 12.1 Å². The third-order valence-corrected chi connectivity index (χ3v) is 4.11. The van der Waals surface area contributed by atoms with Crippen LogP contribution in [-0.4, -0.2) is 22.6 Å². The van der Waals surface area contributed by atoms with E-state index in [0.717, 1.165) is 22.2 Å². The summed E-state index contributed by atoms with van der Waals surface area (Å²) in [5.41, 5.74) is 3.10. The van der Waals surface area contributed by atoms with Crippen LogP contribution in [0.3, 0.4) is 0 Å². The van der Waals surface area contributed by atoms with E-state index >= 15 is 0 Å². The minimum atomic E-state index is -1.08. The maximum Gasteiger partial charge on any atom is 0.251 e. The van der Waals surface area contributed by atoms with Crippen molar-refractivity contribution in [3.8, 4) is 0 Å². The molecule has 130 valence electrons. The van der Waals surface area contributed by atoms with Crippen molar-refractivity contribution in [2.75, 3.05) is 6.54 Å². The number of halogens is 1. The van der Waals surface area contributed by atoms with Crippen molar-refractivity contribution in [1.29, 1.82) is 0 Å². The molecule has 1 atom stereocenters. The molecule has 1 unspecified atom stereocenters. The van der Waals surface area contributed by atoms with Crippen molar-refractivity contribution in [3.05, 3.63) is 70.3 Å². The number of hydrogen-bond donors (Lipinski definition) is 4. The largest absolute Gasteiger partial charge is 0.595 e. The van der Waals surface area contributed by atoms with Crippen LogP contribution >= 0.6 is 0 Å². The Kier molecular flexibility index (Phi) is 4.80. The molecule has 3 rings (SSSR count). The van der Waals surface area contributed by atoms with E-state index in [4.69, 9.17) is 5.21 Å². The molecule has 0 spiro atoms. The van der Waals surface area contributed by atoms with E-state index < -0.39 is 5.23 Å². The summed E-state index contributed by atoms with van der Waals surface area (Å²) in [5, 5.41) is 22.4. The van der Waals surface area contributed by atoms with Crippen molar-refractivity contribution in [3.63, 3.8) is 0 Å². The number of carbonyl (C=O) groups is 1. The molecule has 0 aliphatic carbocycles. The lowest BCUT2D eigenvalue weighted by Gasteiger charge is -2.12. The number of rotatable bonds is 5. The number of aryl methyl sites for hydroxylation is 1. The predicted molar refractivity (Wildman–Crippen MR) is 91.2 cm³/mol. The summed E-state index contributed by atoms with van der Waals surface area (Å²) in [7, 11) is 0. The van der Waals surface area contributed by atoms with E-state index in [2.05, 4.69) is 10.3 Å². The number of fused-ring (bicyclic) bond motifs is 1. The number of hydrogen-bond acceptors (Lipinski definition) is 3. The summed E-state index contributed by atoms with van der Waals surface area (Å²) in [6, 6.07) is 10.4. The van der Waals surface area contributed by atoms with Crippen LogP contribution in [0.5, 0.6) is 0 Å². The number of carbonyl (C=O) groups excluding carboxylic acids is 1. The Balaban J connectivity index is 1.69. The van der Waals surface area contributed by atoms with Gasteiger partial charge < -0.3 is 15.5 Å². The van der Waals surface area contributed by atoms with Gasteiger partial charge in [-0.2, -0.15) is 5.23 Å². The number of quaternary nitrogens is 1. The average Bonchev–Trinajstić information content (AvgIpc) is 2.90. The molecule has 1 aromatic heterocycles. The molecule has 3 aromatic rings. The van der Waals surface area contributed by atoms with Crippen LogP contribution in [0.2, 0.25) is 0 Å². The van der Waals surface area contributed by atoms with Gasteiger partial charge in [-0.1, -0.05) is 6.07 Å². The number of nitrogens with one attached hydrogen (secondary N) is 3. The summed E-state index contributed by atoms with van der Waals surface area (Å²) < 4.78 is 13.5. The summed E-state index contributed by atoms with van der Waals surface area (Å²) in [6.45, 7) is 2.27. The normalized spacial score (nSPS) is 12.3. The summed E-state index contributed by atoms with van der Waals surface area (Å²) >= 11 is 0. The fourth-order valence-electron chi connectivity index (χ4n) is 2.87. The van der Waals surface area contributed by atoms with Gasteiger partial charge in [0.15, 0.2) is 5.69 Å². The highest BCUT2D eigenvalue weighted by Gasteiger charge is 2.12. The van der Waals surface area contributed by atoms with E-state index in [9.17, 15) is 14.4 Å². The second-order valence-corrected chi connectivity index (χ2v) is 5.81. The highest BCUT2D eigenvalue weighted by atomic mass is 19.1. The van der Waals surface area contributed by atoms with E-state index in [-0.39, 0.29) is 17.4 Å². The minimum Gasteiger partial charge on any atom is -0.595 e. The number of amides is 1. The Morgan fingerprint density at radius 1 is 1.32 bits per heavy atom. The maximum absolute atomic E-state index is 13.5. The Bertz CT molecular complexity index is 921. The maximum atomic E-state index is 13.5.